The number of hydrogen-bond donors (Lipinski definition) is 2. The van der Waals surface area contributed by atoms with Gasteiger partial charge in [0.2, 0.25) is 0 Å². The number of rotatable bonds is 4. The van der Waals surface area contributed by atoms with Crippen molar-refractivity contribution in [3.8, 4) is 0 Å². The Kier molecular flexibility index (Phi) is 4.89. The van der Waals surface area contributed by atoms with Gasteiger partial charge in [-0.3, -0.25) is 4.79 Å². The Balaban J connectivity index is 4.16. The van der Waals surface area contributed by atoms with Crippen molar-refractivity contribution in [2.45, 2.75) is 25.1 Å². The number of carbonyl (C=O) groups excluding carboxylic acids is 2. The highest BCUT2D eigenvalue weighted by Gasteiger charge is 2.43. The maximum absolute atomic E-state index is 11.6. The van der Waals surface area contributed by atoms with E-state index in [9.17, 15) is 27.6 Å². The summed E-state index contributed by atoms with van der Waals surface area (Å²) in [5.74, 6) is -5.56. The predicted octanol–water partition coefficient (Wildman–Crippen LogP) is -0.189. The molecule has 3 N–H and O–H groups in total. The largest absolute Gasteiger partial charge is 0.491 e. The summed E-state index contributed by atoms with van der Waals surface area (Å²) in [6.45, 7) is 0. The summed E-state index contributed by atoms with van der Waals surface area (Å²) in [7, 11) is 0. The van der Waals surface area contributed by atoms with Crippen LogP contribution in [0.4, 0.5) is 13.2 Å². The van der Waals surface area contributed by atoms with E-state index in [1.165, 1.54) is 0 Å². The second-order valence-electron chi connectivity index (χ2n) is 2.75. The molecule has 0 spiro atoms. The second kappa shape index (κ2) is 5.45. The lowest BCUT2D eigenvalue weighted by Gasteiger charge is -2.09. The number of hydrogen-bond acceptors (Lipinski definition) is 5. The summed E-state index contributed by atoms with van der Waals surface area (Å²) in [6.07, 6.45) is -6.22. The molecule has 0 aromatic rings. The first kappa shape index (κ1) is 14.4. The third kappa shape index (κ3) is 5.29. The van der Waals surface area contributed by atoms with E-state index in [2.05, 4.69) is 4.74 Å². The van der Waals surface area contributed by atoms with E-state index in [1.807, 2.05) is 0 Å². The molecule has 0 aromatic heterocycles. The third-order valence-corrected chi connectivity index (χ3v) is 1.40. The molecule has 16 heavy (non-hydrogen) atoms. The average molecular weight is 243 g/mol. The Morgan fingerprint density at radius 3 is 2.19 bits per heavy atom. The average Bonchev–Trinajstić information content (AvgIpc) is 2.12. The molecule has 6 nitrogen and oxygen atoms in total. The summed E-state index contributed by atoms with van der Waals surface area (Å²) in [4.78, 5) is 31.0. The number of ether oxygens (including phenoxy) is 1. The van der Waals surface area contributed by atoms with E-state index < -0.39 is 43.0 Å². The maximum atomic E-state index is 11.6. The first-order chi connectivity index (χ1) is 7.14. The van der Waals surface area contributed by atoms with Gasteiger partial charge in [-0.15, -0.1) is 0 Å². The Bertz CT molecular complexity index is 301. The van der Waals surface area contributed by atoms with Crippen LogP contribution in [-0.4, -0.2) is 35.2 Å². The lowest BCUT2D eigenvalue weighted by molar-refractivity contribution is -0.202. The number of aliphatic carboxylic acids is 1. The number of esters is 2. The zero-order chi connectivity index (χ0) is 12.9. The van der Waals surface area contributed by atoms with Gasteiger partial charge >= 0.3 is 24.1 Å². The number of carbonyl (C=O) groups is 3. The minimum absolute atomic E-state index is 0.417. The minimum atomic E-state index is -5.29. The normalized spacial score (nSPS) is 13.0. The predicted molar refractivity (Wildman–Crippen MR) is 42.0 cm³/mol. The van der Waals surface area contributed by atoms with Gasteiger partial charge < -0.3 is 15.6 Å². The fourth-order valence-corrected chi connectivity index (χ4v) is 0.622. The van der Waals surface area contributed by atoms with Crippen molar-refractivity contribution in [2.75, 3.05) is 0 Å². The van der Waals surface area contributed by atoms with Crippen molar-refractivity contribution < 1.29 is 37.4 Å². The van der Waals surface area contributed by atoms with Crippen LogP contribution in [0.3, 0.4) is 0 Å². The van der Waals surface area contributed by atoms with Crippen LogP contribution in [0.1, 0.15) is 12.8 Å². The standard InChI is InChI=1S/C7H8F3NO5/c8-7(9,10)6(15)16-5(14)3(11)1-2-4(12)13/h3H,1-2,11H2,(H,12,13)/t3-/m0/s1. The molecule has 0 amide bonds. The summed E-state index contributed by atoms with van der Waals surface area (Å²) in [6, 6.07) is -1.58. The molecular weight excluding hydrogens is 235 g/mol. The first-order valence-electron chi connectivity index (χ1n) is 3.94. The van der Waals surface area contributed by atoms with Gasteiger partial charge in [0.15, 0.2) is 0 Å². The molecule has 0 rings (SSSR count). The van der Waals surface area contributed by atoms with Crippen molar-refractivity contribution >= 4 is 17.9 Å². The SMILES string of the molecule is N[C@@H](CCC(=O)O)C(=O)OC(=O)C(F)(F)F. The fourth-order valence-electron chi connectivity index (χ4n) is 0.622. The van der Waals surface area contributed by atoms with Gasteiger partial charge in [0, 0.05) is 6.42 Å². The van der Waals surface area contributed by atoms with Crippen molar-refractivity contribution in [3.63, 3.8) is 0 Å². The van der Waals surface area contributed by atoms with Crippen molar-refractivity contribution in [1.82, 2.24) is 0 Å². The summed E-state index contributed by atoms with van der Waals surface area (Å²) >= 11 is 0. The van der Waals surface area contributed by atoms with Gasteiger partial charge in [0.25, 0.3) is 0 Å². The summed E-state index contributed by atoms with van der Waals surface area (Å²) in [5, 5.41) is 8.20. The van der Waals surface area contributed by atoms with Crippen molar-refractivity contribution in [2.24, 2.45) is 5.73 Å². The number of halogens is 3. The maximum Gasteiger partial charge on any atom is 0.491 e. The zero-order valence-electron chi connectivity index (χ0n) is 7.78. The van der Waals surface area contributed by atoms with Crippen LogP contribution in [0.15, 0.2) is 0 Å². The van der Waals surface area contributed by atoms with E-state index in [0.717, 1.165) is 0 Å². The van der Waals surface area contributed by atoms with Crippen LogP contribution in [0.5, 0.6) is 0 Å². The number of nitrogens with two attached hydrogens (primary N) is 1. The molecule has 0 saturated carbocycles. The molecule has 0 unspecified atom stereocenters. The summed E-state index contributed by atoms with van der Waals surface area (Å²) in [5.41, 5.74) is 5.00. The van der Waals surface area contributed by atoms with E-state index in [0.29, 0.717) is 0 Å². The fraction of sp³-hybridized carbons (Fsp3) is 0.571. The Hall–Kier alpha value is -1.64. The molecular formula is C7H8F3NO5. The number of carboxylic acids is 1. The topological polar surface area (TPSA) is 107 Å². The van der Waals surface area contributed by atoms with Gasteiger partial charge in [-0.25, -0.2) is 9.59 Å². The van der Waals surface area contributed by atoms with Crippen molar-refractivity contribution in [1.29, 1.82) is 0 Å². The highest BCUT2D eigenvalue weighted by atomic mass is 19.4. The van der Waals surface area contributed by atoms with Gasteiger partial charge in [-0.2, -0.15) is 13.2 Å². The Morgan fingerprint density at radius 2 is 1.81 bits per heavy atom. The van der Waals surface area contributed by atoms with Crippen molar-refractivity contribution in [3.05, 3.63) is 0 Å². The molecule has 0 aromatic carbocycles. The molecule has 92 valence electrons. The molecule has 0 heterocycles. The summed E-state index contributed by atoms with van der Waals surface area (Å²) < 4.78 is 38.3. The Labute approximate surface area is 87.2 Å². The van der Waals surface area contributed by atoms with E-state index in [4.69, 9.17) is 10.8 Å². The third-order valence-electron chi connectivity index (χ3n) is 1.40. The molecule has 1 atom stereocenters. The molecule has 0 fully saturated rings. The lowest BCUT2D eigenvalue weighted by Crippen LogP contribution is -2.37. The molecule has 0 bridgehead atoms. The Morgan fingerprint density at radius 1 is 1.31 bits per heavy atom. The second-order valence-corrected chi connectivity index (χ2v) is 2.75. The highest BCUT2D eigenvalue weighted by Crippen LogP contribution is 2.16. The van der Waals surface area contributed by atoms with Crippen LogP contribution in [0.2, 0.25) is 0 Å². The van der Waals surface area contributed by atoms with E-state index >= 15 is 0 Å². The minimum Gasteiger partial charge on any atom is -0.481 e. The highest BCUT2D eigenvalue weighted by molar-refractivity contribution is 5.90. The van der Waals surface area contributed by atoms with Gasteiger partial charge in [-0.05, 0) is 6.42 Å². The monoisotopic (exact) mass is 243 g/mol. The molecule has 0 saturated heterocycles. The van der Waals surface area contributed by atoms with Crippen LogP contribution in [0.25, 0.3) is 0 Å². The van der Waals surface area contributed by atoms with Crippen LogP contribution < -0.4 is 5.73 Å². The molecule has 9 heteroatoms. The molecule has 0 radical (unpaired) electrons. The zero-order valence-corrected chi connectivity index (χ0v) is 7.78. The number of carboxylic acid groups (broad SMARTS) is 1. The van der Waals surface area contributed by atoms with E-state index in [-0.39, 0.29) is 0 Å². The van der Waals surface area contributed by atoms with E-state index in [1.54, 1.807) is 0 Å². The van der Waals surface area contributed by atoms with Crippen LogP contribution in [0, 0.1) is 0 Å². The van der Waals surface area contributed by atoms with Crippen LogP contribution >= 0.6 is 0 Å². The van der Waals surface area contributed by atoms with Gasteiger partial charge in [0.1, 0.15) is 6.04 Å². The molecule has 0 aliphatic carbocycles. The van der Waals surface area contributed by atoms with Gasteiger partial charge in [0.05, 0.1) is 0 Å². The first-order valence-corrected chi connectivity index (χ1v) is 3.94. The van der Waals surface area contributed by atoms with Gasteiger partial charge in [-0.1, -0.05) is 0 Å². The smallest absolute Gasteiger partial charge is 0.481 e. The lowest BCUT2D eigenvalue weighted by atomic mass is 10.2. The molecule has 0 aliphatic heterocycles. The molecule has 0 aliphatic rings. The quantitative estimate of drug-likeness (QED) is 0.523. The number of alkyl halides is 3. The van der Waals surface area contributed by atoms with Crippen LogP contribution in [-0.2, 0) is 19.1 Å².